The fraction of sp³-hybridized carbons (Fsp3) is 0.857. The number of hydrogen-bond donors (Lipinski definition) is 0. The number of nitrogens with zero attached hydrogens (tertiary/aromatic N) is 1. The van der Waals surface area contributed by atoms with Crippen molar-refractivity contribution in [3.8, 4) is 0 Å². The summed E-state index contributed by atoms with van der Waals surface area (Å²) in [6.45, 7) is 9.98. The van der Waals surface area contributed by atoms with Crippen LogP contribution < -0.4 is 0 Å². The van der Waals surface area contributed by atoms with Gasteiger partial charge in [-0.15, -0.1) is 0 Å². The molecule has 0 aromatic carbocycles. The van der Waals surface area contributed by atoms with E-state index in [1.165, 1.54) is 0 Å². The third-order valence-electron chi connectivity index (χ3n) is 3.18. The van der Waals surface area contributed by atoms with Crippen molar-refractivity contribution in [2.24, 2.45) is 16.8 Å². The highest BCUT2D eigenvalue weighted by atomic mass is 35.5. The lowest BCUT2D eigenvalue weighted by atomic mass is 9.87. The maximum absolute atomic E-state index is 11.0. The van der Waals surface area contributed by atoms with Crippen molar-refractivity contribution in [2.75, 3.05) is 0 Å². The molecule has 0 aliphatic rings. The lowest BCUT2D eigenvalue weighted by Crippen LogP contribution is -2.21. The molecule has 0 heterocycles. The van der Waals surface area contributed by atoms with E-state index < -0.39 is 0 Å². The minimum atomic E-state index is -0.151. The van der Waals surface area contributed by atoms with Gasteiger partial charge in [-0.3, -0.25) is 4.99 Å². The first-order valence-electron chi connectivity index (χ1n) is 6.53. The molecule has 3 heteroatoms. The Bertz CT molecular complexity index is 259. The molecule has 0 aliphatic heterocycles. The van der Waals surface area contributed by atoms with Crippen LogP contribution in [-0.4, -0.2) is 17.0 Å². The Kier molecular flexibility index (Phi) is 8.49. The highest BCUT2D eigenvalue weighted by Gasteiger charge is 2.23. The van der Waals surface area contributed by atoms with Gasteiger partial charge in [-0.2, -0.15) is 0 Å². The van der Waals surface area contributed by atoms with Gasteiger partial charge in [0, 0.05) is 12.1 Å². The molecule has 0 aliphatic carbocycles. The fourth-order valence-electron chi connectivity index (χ4n) is 1.93. The monoisotopic (exact) mass is 259 g/mol. The van der Waals surface area contributed by atoms with E-state index in [-0.39, 0.29) is 11.3 Å². The highest BCUT2D eigenvalue weighted by Crippen LogP contribution is 2.29. The van der Waals surface area contributed by atoms with Gasteiger partial charge >= 0.3 is 0 Å². The van der Waals surface area contributed by atoms with E-state index in [0.29, 0.717) is 18.3 Å². The summed E-state index contributed by atoms with van der Waals surface area (Å²) in [5.41, 5.74) is 0.867. The molecule has 0 rings (SSSR count). The summed E-state index contributed by atoms with van der Waals surface area (Å²) in [7, 11) is 0. The molecule has 0 saturated carbocycles. The van der Waals surface area contributed by atoms with Gasteiger partial charge in [0.15, 0.2) is 0 Å². The molecule has 0 bridgehead atoms. The van der Waals surface area contributed by atoms with Crippen molar-refractivity contribution in [1.29, 1.82) is 0 Å². The average molecular weight is 260 g/mol. The van der Waals surface area contributed by atoms with Crippen molar-refractivity contribution in [2.45, 2.75) is 65.8 Å². The van der Waals surface area contributed by atoms with Crippen LogP contribution in [0.5, 0.6) is 0 Å². The van der Waals surface area contributed by atoms with E-state index in [4.69, 9.17) is 11.6 Å². The summed E-state index contributed by atoms with van der Waals surface area (Å²) >= 11 is 6.36. The fourth-order valence-corrected chi connectivity index (χ4v) is 2.49. The van der Waals surface area contributed by atoms with Gasteiger partial charge in [-0.25, -0.2) is 0 Å². The largest absolute Gasteiger partial charge is 0.300 e. The average Bonchev–Trinajstić information content (AvgIpc) is 2.21. The molecule has 3 atom stereocenters. The molecule has 100 valence electrons. The first-order chi connectivity index (χ1) is 7.88. The van der Waals surface area contributed by atoms with Crippen molar-refractivity contribution in [3.63, 3.8) is 0 Å². The van der Waals surface area contributed by atoms with E-state index >= 15 is 0 Å². The van der Waals surface area contributed by atoms with Crippen LogP contribution in [0.3, 0.4) is 0 Å². The summed E-state index contributed by atoms with van der Waals surface area (Å²) in [5, 5.41) is 0. The number of ketones is 1. The van der Waals surface area contributed by atoms with E-state index in [9.17, 15) is 4.79 Å². The minimum Gasteiger partial charge on any atom is -0.300 e. The van der Waals surface area contributed by atoms with Crippen molar-refractivity contribution in [1.82, 2.24) is 0 Å². The summed E-state index contributed by atoms with van der Waals surface area (Å²) in [6.07, 6.45) is 3.67. The number of rotatable bonds is 8. The van der Waals surface area contributed by atoms with E-state index in [1.807, 2.05) is 13.8 Å². The predicted molar refractivity (Wildman–Crippen MR) is 75.9 cm³/mol. The second kappa shape index (κ2) is 8.68. The van der Waals surface area contributed by atoms with Crippen LogP contribution in [-0.2, 0) is 4.79 Å². The van der Waals surface area contributed by atoms with Crippen molar-refractivity contribution < 1.29 is 4.79 Å². The molecule has 0 spiro atoms. The molecular weight excluding hydrogens is 234 g/mol. The number of hydrogen-bond acceptors (Lipinski definition) is 2. The van der Waals surface area contributed by atoms with Gasteiger partial charge < -0.3 is 4.79 Å². The SMILES string of the molecule is CC[C@@H](C)C(CCCC(C)=O)C(Cl)N=C(C)C. The van der Waals surface area contributed by atoms with Gasteiger partial charge in [-0.05, 0) is 45.4 Å². The second-order valence-electron chi connectivity index (χ2n) is 5.09. The van der Waals surface area contributed by atoms with Crippen LogP contribution in [0, 0.1) is 11.8 Å². The minimum absolute atomic E-state index is 0.151. The quantitative estimate of drug-likeness (QED) is 0.360. The van der Waals surface area contributed by atoms with Crippen LogP contribution in [0.25, 0.3) is 0 Å². The maximum Gasteiger partial charge on any atom is 0.129 e. The first kappa shape index (κ1) is 16.6. The van der Waals surface area contributed by atoms with Crippen LogP contribution in [0.4, 0.5) is 0 Å². The van der Waals surface area contributed by atoms with Gasteiger partial charge in [-0.1, -0.05) is 31.9 Å². The summed E-state index contributed by atoms with van der Waals surface area (Å²) in [5.74, 6) is 1.18. The number of alkyl halides is 1. The normalized spacial score (nSPS) is 16.1. The Morgan fingerprint density at radius 3 is 2.29 bits per heavy atom. The number of aliphatic imine (C=N–C) groups is 1. The predicted octanol–water partition coefficient (Wildman–Crippen LogP) is 4.45. The third kappa shape index (κ3) is 7.54. The first-order valence-corrected chi connectivity index (χ1v) is 6.96. The molecule has 17 heavy (non-hydrogen) atoms. The molecular formula is C14H26ClNO. The van der Waals surface area contributed by atoms with E-state index in [2.05, 4.69) is 18.8 Å². The molecule has 0 amide bonds. The Balaban J connectivity index is 4.42. The van der Waals surface area contributed by atoms with Crippen LogP contribution >= 0.6 is 11.6 Å². The van der Waals surface area contributed by atoms with Crippen molar-refractivity contribution in [3.05, 3.63) is 0 Å². The molecule has 2 nitrogen and oxygen atoms in total. The number of carbonyl (C=O) groups is 1. The third-order valence-corrected chi connectivity index (χ3v) is 3.60. The zero-order chi connectivity index (χ0) is 13.4. The maximum atomic E-state index is 11.0. The lowest BCUT2D eigenvalue weighted by Gasteiger charge is -2.25. The number of halogens is 1. The van der Waals surface area contributed by atoms with Crippen LogP contribution in [0.15, 0.2) is 4.99 Å². The van der Waals surface area contributed by atoms with E-state index in [1.54, 1.807) is 6.92 Å². The van der Waals surface area contributed by atoms with Crippen molar-refractivity contribution >= 4 is 23.1 Å². The molecule has 0 aromatic rings. The standard InChI is InChI=1S/C14H26ClNO/c1-6-11(4)13(9-7-8-12(5)17)14(15)16-10(2)3/h11,13-14H,6-9H2,1-5H3/t11-,13?,14?/m1/s1. The van der Waals surface area contributed by atoms with Gasteiger partial charge in [0.2, 0.25) is 0 Å². The molecule has 0 saturated heterocycles. The lowest BCUT2D eigenvalue weighted by molar-refractivity contribution is -0.117. The number of Topliss-reactive ketones (excluding diaryl/α,β-unsaturated/α-hetero) is 1. The zero-order valence-corrected chi connectivity index (χ0v) is 12.5. The molecule has 0 radical (unpaired) electrons. The smallest absolute Gasteiger partial charge is 0.129 e. The molecule has 0 N–H and O–H groups in total. The highest BCUT2D eigenvalue weighted by molar-refractivity contribution is 6.21. The van der Waals surface area contributed by atoms with Gasteiger partial charge in [0.1, 0.15) is 11.3 Å². The van der Waals surface area contributed by atoms with Crippen LogP contribution in [0.1, 0.15) is 60.3 Å². The Labute approximate surface area is 111 Å². The molecule has 0 aromatic heterocycles. The van der Waals surface area contributed by atoms with E-state index in [0.717, 1.165) is 25.0 Å². The molecule has 0 fully saturated rings. The number of carbonyl (C=O) groups excluding carboxylic acids is 1. The van der Waals surface area contributed by atoms with Gasteiger partial charge in [0.05, 0.1) is 0 Å². The Morgan fingerprint density at radius 2 is 1.88 bits per heavy atom. The Morgan fingerprint density at radius 1 is 1.29 bits per heavy atom. The summed E-state index contributed by atoms with van der Waals surface area (Å²) < 4.78 is 0. The topological polar surface area (TPSA) is 29.4 Å². The second-order valence-corrected chi connectivity index (χ2v) is 5.54. The van der Waals surface area contributed by atoms with Crippen LogP contribution in [0.2, 0.25) is 0 Å². The zero-order valence-electron chi connectivity index (χ0n) is 11.8. The Hall–Kier alpha value is -0.370. The van der Waals surface area contributed by atoms with Gasteiger partial charge in [0.25, 0.3) is 0 Å². The molecule has 2 unspecified atom stereocenters. The summed E-state index contributed by atoms with van der Waals surface area (Å²) in [6, 6.07) is 0. The summed E-state index contributed by atoms with van der Waals surface area (Å²) in [4.78, 5) is 15.4.